The van der Waals surface area contributed by atoms with Crippen LogP contribution in [0.5, 0.6) is 0 Å². The van der Waals surface area contributed by atoms with Crippen LogP contribution in [0.1, 0.15) is 51.7 Å². The quantitative estimate of drug-likeness (QED) is 0.215. The lowest BCUT2D eigenvalue weighted by Gasteiger charge is -2.29. The van der Waals surface area contributed by atoms with Crippen LogP contribution in [-0.2, 0) is 20.9 Å². The SMILES string of the molecule is Cc1ccc(-c2cc(C(F)(F)F)nn2-c2ccc(S(=O)(=O)NC(=O)OC3CCCN(n4on4OC(C)N4C(=O)c5ccccc5C4=O)C3)cc2)cc1. The number of carbonyl (C=O) groups is 3. The van der Waals surface area contributed by atoms with Crippen LogP contribution in [0.3, 0.4) is 0 Å². The predicted molar refractivity (Wildman–Crippen MR) is 174 cm³/mol. The maximum Gasteiger partial charge on any atom is 0.435 e. The smallest absolute Gasteiger partial charge is 0.435 e. The van der Waals surface area contributed by atoms with Gasteiger partial charge in [-0.3, -0.25) is 14.6 Å². The minimum atomic E-state index is -4.72. The molecular formula is C33H30F3N7O8S. The lowest BCUT2D eigenvalue weighted by Crippen LogP contribution is -2.48. The van der Waals surface area contributed by atoms with E-state index in [2.05, 4.69) is 5.10 Å². The normalized spacial score (nSPS) is 17.0. The highest BCUT2D eigenvalue weighted by atomic mass is 32.2. The summed E-state index contributed by atoms with van der Waals surface area (Å²) in [5, 5.41) is 6.30. The van der Waals surface area contributed by atoms with Crippen LogP contribution in [0.15, 0.2) is 88.4 Å². The number of aryl methyl sites for hydroxylation is 1. The highest BCUT2D eigenvalue weighted by molar-refractivity contribution is 7.90. The molecule has 52 heavy (non-hydrogen) atoms. The van der Waals surface area contributed by atoms with Crippen molar-refractivity contribution >= 4 is 27.9 Å². The number of alkyl halides is 3. The molecule has 2 aliphatic rings. The van der Waals surface area contributed by atoms with Crippen molar-refractivity contribution in [3.05, 3.63) is 101 Å². The fourth-order valence-electron chi connectivity index (χ4n) is 5.90. The van der Waals surface area contributed by atoms with E-state index in [1.165, 1.54) is 24.0 Å². The number of piperidine rings is 1. The molecule has 2 aliphatic heterocycles. The van der Waals surface area contributed by atoms with Crippen LogP contribution in [0.4, 0.5) is 18.0 Å². The number of amides is 3. The van der Waals surface area contributed by atoms with Crippen LogP contribution in [-0.4, -0.2) is 76.4 Å². The Balaban J connectivity index is 0.964. The zero-order valence-electron chi connectivity index (χ0n) is 27.5. The summed E-state index contributed by atoms with van der Waals surface area (Å²) in [6.07, 6.45) is -6.79. The lowest BCUT2D eigenvalue weighted by atomic mass is 10.1. The number of hydrogen-bond donors (Lipinski definition) is 1. The first-order valence-corrected chi connectivity index (χ1v) is 17.4. The Labute approximate surface area is 293 Å². The van der Waals surface area contributed by atoms with Crippen molar-refractivity contribution in [2.24, 2.45) is 0 Å². The minimum Gasteiger partial charge on any atom is -0.444 e. The van der Waals surface area contributed by atoms with Gasteiger partial charge in [-0.05, 0) is 69.2 Å². The number of aromatic nitrogens is 4. The first kappa shape index (κ1) is 34.5. The highest BCUT2D eigenvalue weighted by Gasteiger charge is 2.41. The Morgan fingerprint density at radius 3 is 2.29 bits per heavy atom. The first-order chi connectivity index (χ1) is 24.7. The maximum absolute atomic E-state index is 13.6. The highest BCUT2D eigenvalue weighted by Crippen LogP contribution is 2.33. The first-order valence-electron chi connectivity index (χ1n) is 15.9. The number of hydrogen-bond acceptors (Lipinski definition) is 10. The van der Waals surface area contributed by atoms with E-state index in [4.69, 9.17) is 14.2 Å². The fraction of sp³-hybridized carbons (Fsp3) is 0.273. The molecule has 7 rings (SSSR count). The van der Waals surface area contributed by atoms with Gasteiger partial charge in [0.15, 0.2) is 5.69 Å². The zero-order valence-corrected chi connectivity index (χ0v) is 28.3. The minimum absolute atomic E-state index is 0.0938. The average Bonchev–Trinajstić information content (AvgIpc) is 3.62. The zero-order chi connectivity index (χ0) is 36.9. The van der Waals surface area contributed by atoms with E-state index in [9.17, 15) is 36.0 Å². The molecule has 4 heterocycles. The number of carbonyl (C=O) groups excluding carboxylic acids is 3. The van der Waals surface area contributed by atoms with E-state index in [0.29, 0.717) is 24.9 Å². The summed E-state index contributed by atoms with van der Waals surface area (Å²) < 4.78 is 80.5. The van der Waals surface area contributed by atoms with Crippen molar-refractivity contribution in [2.45, 2.75) is 50.1 Å². The molecule has 0 aliphatic carbocycles. The summed E-state index contributed by atoms with van der Waals surface area (Å²) in [5.74, 6) is -1.01. The van der Waals surface area contributed by atoms with Crippen molar-refractivity contribution in [3.8, 4) is 16.9 Å². The summed E-state index contributed by atoms with van der Waals surface area (Å²) in [6, 6.07) is 19.0. The number of nitrogens with one attached hydrogen (secondary N) is 1. The Bertz CT molecular complexity index is 2220. The van der Waals surface area contributed by atoms with E-state index in [1.54, 1.807) is 53.5 Å². The third kappa shape index (κ3) is 6.73. The molecule has 1 fully saturated rings. The van der Waals surface area contributed by atoms with Gasteiger partial charge in [-0.15, -0.1) is 0 Å². The van der Waals surface area contributed by atoms with E-state index in [-0.39, 0.29) is 33.9 Å². The summed E-state index contributed by atoms with van der Waals surface area (Å²) in [5.41, 5.74) is 1.10. The second kappa shape index (κ2) is 13.0. The molecule has 19 heteroatoms. The van der Waals surface area contributed by atoms with Gasteiger partial charge in [0.05, 0.1) is 33.9 Å². The molecule has 0 bridgehead atoms. The number of benzene rings is 3. The molecular weight excluding hydrogens is 711 g/mol. The topological polar surface area (TPSA) is 163 Å². The number of halogens is 3. The van der Waals surface area contributed by atoms with E-state index < -0.39 is 52.1 Å². The second-order valence-electron chi connectivity index (χ2n) is 12.2. The van der Waals surface area contributed by atoms with Crippen LogP contribution in [0.25, 0.3) is 16.9 Å². The number of imide groups is 1. The van der Waals surface area contributed by atoms with Crippen molar-refractivity contribution in [2.75, 3.05) is 18.1 Å². The molecule has 15 nitrogen and oxygen atoms in total. The van der Waals surface area contributed by atoms with Gasteiger partial charge in [0.1, 0.15) is 11.1 Å². The molecule has 2 atom stereocenters. The Morgan fingerprint density at radius 2 is 1.65 bits per heavy atom. The van der Waals surface area contributed by atoms with E-state index >= 15 is 0 Å². The molecule has 0 spiro atoms. The molecule has 1 saturated heterocycles. The van der Waals surface area contributed by atoms with Gasteiger partial charge in [-0.1, -0.05) is 42.0 Å². The van der Waals surface area contributed by atoms with Crippen molar-refractivity contribution in [3.63, 3.8) is 0 Å². The third-order valence-corrected chi connectivity index (χ3v) is 9.85. The van der Waals surface area contributed by atoms with Crippen LogP contribution >= 0.6 is 0 Å². The van der Waals surface area contributed by atoms with Gasteiger partial charge >= 0.3 is 12.3 Å². The van der Waals surface area contributed by atoms with Crippen molar-refractivity contribution < 1.29 is 50.2 Å². The summed E-state index contributed by atoms with van der Waals surface area (Å²) >= 11 is 0. The second-order valence-corrected chi connectivity index (χ2v) is 13.9. The molecule has 5 aromatic rings. The number of ether oxygens (including phenoxy) is 1. The van der Waals surface area contributed by atoms with Crippen LogP contribution in [0.2, 0.25) is 0 Å². The van der Waals surface area contributed by atoms with Gasteiger partial charge in [0.2, 0.25) is 6.23 Å². The number of fused-ring (bicyclic) bond motifs is 1. The number of sulfonamides is 1. The third-order valence-electron chi connectivity index (χ3n) is 8.52. The monoisotopic (exact) mass is 741 g/mol. The molecule has 3 amide bonds. The fourth-order valence-corrected chi connectivity index (χ4v) is 6.78. The Morgan fingerprint density at radius 1 is 1.00 bits per heavy atom. The molecule has 2 aromatic heterocycles. The maximum atomic E-state index is 13.6. The molecule has 3 aromatic carbocycles. The largest absolute Gasteiger partial charge is 0.444 e. The predicted octanol–water partition coefficient (Wildman–Crippen LogP) is 4.35. The van der Waals surface area contributed by atoms with Gasteiger partial charge < -0.3 is 9.57 Å². The van der Waals surface area contributed by atoms with Gasteiger partial charge in [0, 0.05) is 17.1 Å². The van der Waals surface area contributed by atoms with Crippen LogP contribution < -0.4 is 14.6 Å². The molecule has 2 unspecified atom stereocenters. The van der Waals surface area contributed by atoms with Crippen molar-refractivity contribution in [1.82, 2.24) is 29.4 Å². The van der Waals surface area contributed by atoms with Gasteiger partial charge in [-0.2, -0.15) is 22.9 Å². The van der Waals surface area contributed by atoms with Crippen molar-refractivity contribution in [1.29, 1.82) is 0 Å². The Hall–Kier alpha value is -5.98. The van der Waals surface area contributed by atoms with Crippen LogP contribution in [0, 0.1) is 6.92 Å². The standard InChI is InChI=1S/C33H30F3N7O8S/c1-20-9-11-22(12-10-20)28-18-29(33(34,35)36)37-41(28)23-13-15-25(16-14-23)52(47,48)38-32(46)49-24-6-5-17-39(19-24)42-43(51-42)50-21(2)40-30(44)26-7-3-4-8-27(26)31(40)45/h3-4,7-16,18,21,24H,5-6,17,19H2,1-2H3,(H,38,46). The number of rotatable bonds is 9. The van der Waals surface area contributed by atoms with Gasteiger partial charge in [-0.25, -0.2) is 27.5 Å². The Kier molecular flexibility index (Phi) is 8.60. The summed E-state index contributed by atoms with van der Waals surface area (Å²) in [6.45, 7) is 3.90. The molecule has 0 saturated carbocycles. The average molecular weight is 742 g/mol. The molecule has 0 radical (unpaired) electrons. The summed E-state index contributed by atoms with van der Waals surface area (Å²) in [4.78, 5) is 45.7. The lowest BCUT2D eigenvalue weighted by molar-refractivity contribution is -0.141. The molecule has 1 N–H and O–H groups in total. The van der Waals surface area contributed by atoms with E-state index in [0.717, 1.165) is 38.4 Å². The molecule has 272 valence electrons. The van der Waals surface area contributed by atoms with E-state index in [1.807, 2.05) is 11.6 Å². The summed E-state index contributed by atoms with van der Waals surface area (Å²) in [7, 11) is -4.44. The van der Waals surface area contributed by atoms with Gasteiger partial charge in [0.25, 0.3) is 21.8 Å². The number of nitrogens with zero attached hydrogens (tertiary/aromatic N) is 6.